The molecule has 0 radical (unpaired) electrons. The molecule has 4 aromatic rings. The van der Waals surface area contributed by atoms with Crippen LogP contribution in [0.5, 0.6) is 0 Å². The lowest BCUT2D eigenvalue weighted by Crippen LogP contribution is -2.46. The summed E-state index contributed by atoms with van der Waals surface area (Å²) in [7, 11) is 0. The van der Waals surface area contributed by atoms with Crippen LogP contribution in [0.1, 0.15) is 34.6 Å². The van der Waals surface area contributed by atoms with Gasteiger partial charge in [0.1, 0.15) is 5.82 Å². The highest BCUT2D eigenvalue weighted by atomic mass is 19.1. The highest BCUT2D eigenvalue weighted by Gasteiger charge is 2.20. The van der Waals surface area contributed by atoms with E-state index in [0.717, 1.165) is 51.1 Å². The van der Waals surface area contributed by atoms with Crippen molar-refractivity contribution in [3.8, 4) is 0 Å². The third-order valence-electron chi connectivity index (χ3n) is 7.13. The first-order valence-electron chi connectivity index (χ1n) is 12.7. The average molecular weight is 465 g/mol. The highest BCUT2D eigenvalue weighted by molar-refractivity contribution is 5.48. The zero-order valence-corrected chi connectivity index (χ0v) is 20.2. The van der Waals surface area contributed by atoms with Crippen LogP contribution in [0.2, 0.25) is 0 Å². The topological polar surface area (TPSA) is 6.48 Å². The Morgan fingerprint density at radius 1 is 0.600 bits per heavy atom. The molecule has 0 unspecified atom stereocenters. The van der Waals surface area contributed by atoms with Crippen molar-refractivity contribution in [1.29, 1.82) is 0 Å². The number of anilines is 1. The molecule has 0 aliphatic carbocycles. The first-order valence-corrected chi connectivity index (χ1v) is 12.7. The summed E-state index contributed by atoms with van der Waals surface area (Å²) in [5, 5.41) is 0. The number of nitrogens with zero attached hydrogens (tertiary/aromatic N) is 2. The Balaban J connectivity index is 1.15. The predicted octanol–water partition coefficient (Wildman–Crippen LogP) is 6.76. The van der Waals surface area contributed by atoms with Gasteiger partial charge in [-0.1, -0.05) is 84.9 Å². The lowest BCUT2D eigenvalue weighted by molar-refractivity contribution is 0.251. The molecule has 0 amide bonds. The van der Waals surface area contributed by atoms with Gasteiger partial charge in [-0.15, -0.1) is 0 Å². The Hall–Kier alpha value is -3.43. The van der Waals surface area contributed by atoms with E-state index in [0.29, 0.717) is 5.92 Å². The fourth-order valence-corrected chi connectivity index (χ4v) is 5.10. The van der Waals surface area contributed by atoms with Gasteiger partial charge in [-0.25, -0.2) is 4.39 Å². The third-order valence-corrected chi connectivity index (χ3v) is 7.13. The molecule has 5 rings (SSSR count). The van der Waals surface area contributed by atoms with Crippen molar-refractivity contribution in [3.63, 3.8) is 0 Å². The number of halogens is 1. The maximum Gasteiger partial charge on any atom is 0.123 e. The maximum absolute atomic E-state index is 13.1. The van der Waals surface area contributed by atoms with Crippen molar-refractivity contribution in [2.75, 3.05) is 37.6 Å². The molecule has 0 spiro atoms. The maximum atomic E-state index is 13.1. The third kappa shape index (κ3) is 6.17. The quantitative estimate of drug-likeness (QED) is 0.284. The van der Waals surface area contributed by atoms with E-state index in [1.807, 2.05) is 12.1 Å². The first-order chi connectivity index (χ1) is 17.2. The Bertz CT molecular complexity index is 1130. The van der Waals surface area contributed by atoms with Crippen molar-refractivity contribution in [3.05, 3.63) is 137 Å². The smallest absolute Gasteiger partial charge is 0.123 e. The van der Waals surface area contributed by atoms with Crippen molar-refractivity contribution in [2.24, 2.45) is 0 Å². The molecule has 0 atom stereocenters. The van der Waals surface area contributed by atoms with Gasteiger partial charge in [-0.3, -0.25) is 4.90 Å². The van der Waals surface area contributed by atoms with E-state index in [4.69, 9.17) is 0 Å². The second kappa shape index (κ2) is 11.3. The molecule has 2 nitrogen and oxygen atoms in total. The van der Waals surface area contributed by atoms with Crippen molar-refractivity contribution in [2.45, 2.75) is 18.8 Å². The predicted molar refractivity (Wildman–Crippen MR) is 144 cm³/mol. The zero-order chi connectivity index (χ0) is 23.9. The number of rotatable bonds is 8. The summed E-state index contributed by atoms with van der Waals surface area (Å²) in [6, 6.07) is 37.5. The molecular weight excluding hydrogens is 431 g/mol. The standard InChI is InChI=1S/C32H33FN2/c33-30-15-11-26(12-16-30)25-27-13-17-31(18-14-27)35-23-21-34(22-24-35)20-19-32(28-7-3-1-4-8-28)29-9-5-2-6-10-29/h1-18,32H,19-25H2. The van der Waals surface area contributed by atoms with Gasteiger partial charge in [0.2, 0.25) is 0 Å². The van der Waals surface area contributed by atoms with Gasteiger partial charge in [0, 0.05) is 37.8 Å². The summed E-state index contributed by atoms with van der Waals surface area (Å²) >= 11 is 0. The number of hydrogen-bond acceptors (Lipinski definition) is 2. The van der Waals surface area contributed by atoms with Gasteiger partial charge in [-0.05, 0) is 65.9 Å². The van der Waals surface area contributed by atoms with Crippen molar-refractivity contribution < 1.29 is 4.39 Å². The van der Waals surface area contributed by atoms with Crippen LogP contribution in [-0.2, 0) is 6.42 Å². The fraction of sp³-hybridized carbons (Fsp3) is 0.250. The second-order valence-electron chi connectivity index (χ2n) is 9.46. The molecule has 0 saturated carbocycles. The van der Waals surface area contributed by atoms with Gasteiger partial charge in [0.25, 0.3) is 0 Å². The molecule has 1 aliphatic rings. The minimum atomic E-state index is -0.182. The molecule has 0 bridgehead atoms. The van der Waals surface area contributed by atoms with Gasteiger partial charge in [0.05, 0.1) is 0 Å². The average Bonchev–Trinajstić information content (AvgIpc) is 2.92. The Morgan fingerprint density at radius 3 is 1.66 bits per heavy atom. The monoisotopic (exact) mass is 464 g/mol. The van der Waals surface area contributed by atoms with Crippen LogP contribution in [-0.4, -0.2) is 37.6 Å². The Morgan fingerprint density at radius 2 is 1.11 bits per heavy atom. The van der Waals surface area contributed by atoms with Gasteiger partial charge < -0.3 is 4.90 Å². The highest BCUT2D eigenvalue weighted by Crippen LogP contribution is 2.28. The lowest BCUT2D eigenvalue weighted by Gasteiger charge is -2.36. The number of benzene rings is 4. The van der Waals surface area contributed by atoms with Crippen LogP contribution in [0.15, 0.2) is 109 Å². The lowest BCUT2D eigenvalue weighted by atomic mass is 9.88. The molecular formula is C32H33FN2. The summed E-state index contributed by atoms with van der Waals surface area (Å²) in [6.45, 7) is 5.40. The summed E-state index contributed by atoms with van der Waals surface area (Å²) < 4.78 is 13.1. The molecule has 0 N–H and O–H groups in total. The first kappa shape index (κ1) is 23.3. The minimum Gasteiger partial charge on any atom is -0.369 e. The molecule has 3 heteroatoms. The molecule has 1 aliphatic heterocycles. The minimum absolute atomic E-state index is 0.182. The van der Waals surface area contributed by atoms with E-state index < -0.39 is 0 Å². The molecule has 35 heavy (non-hydrogen) atoms. The fourth-order valence-electron chi connectivity index (χ4n) is 5.10. The molecule has 4 aromatic carbocycles. The van der Waals surface area contributed by atoms with Crippen LogP contribution in [0.4, 0.5) is 10.1 Å². The molecule has 0 aromatic heterocycles. The van der Waals surface area contributed by atoms with Crippen LogP contribution in [0.3, 0.4) is 0 Å². The summed E-state index contributed by atoms with van der Waals surface area (Å²) in [4.78, 5) is 5.10. The van der Waals surface area contributed by atoms with Crippen LogP contribution in [0, 0.1) is 5.82 Å². The molecule has 1 fully saturated rings. The summed E-state index contributed by atoms with van der Waals surface area (Å²) in [5.74, 6) is 0.253. The van der Waals surface area contributed by atoms with E-state index in [1.165, 1.54) is 34.5 Å². The van der Waals surface area contributed by atoms with Crippen molar-refractivity contribution in [1.82, 2.24) is 4.90 Å². The van der Waals surface area contributed by atoms with Gasteiger partial charge in [0.15, 0.2) is 0 Å². The SMILES string of the molecule is Fc1ccc(Cc2ccc(N3CCN(CCC(c4ccccc4)c4ccccc4)CC3)cc2)cc1. The van der Waals surface area contributed by atoms with Crippen molar-refractivity contribution >= 4 is 5.69 Å². The second-order valence-corrected chi connectivity index (χ2v) is 9.46. The summed E-state index contributed by atoms with van der Waals surface area (Å²) in [6.07, 6.45) is 1.96. The molecule has 178 valence electrons. The van der Waals surface area contributed by atoms with E-state index in [2.05, 4.69) is 94.7 Å². The Labute approximate surface area is 208 Å². The van der Waals surface area contributed by atoms with Gasteiger partial charge >= 0.3 is 0 Å². The van der Waals surface area contributed by atoms with Gasteiger partial charge in [-0.2, -0.15) is 0 Å². The van der Waals surface area contributed by atoms with E-state index in [9.17, 15) is 4.39 Å². The van der Waals surface area contributed by atoms with E-state index in [-0.39, 0.29) is 5.82 Å². The molecule has 1 saturated heterocycles. The number of hydrogen-bond donors (Lipinski definition) is 0. The van der Waals surface area contributed by atoms with Crippen LogP contribution < -0.4 is 4.90 Å². The zero-order valence-electron chi connectivity index (χ0n) is 20.2. The van der Waals surface area contributed by atoms with E-state index in [1.54, 1.807) is 0 Å². The number of piperazine rings is 1. The normalized spacial score (nSPS) is 14.4. The van der Waals surface area contributed by atoms with Crippen LogP contribution in [0.25, 0.3) is 0 Å². The van der Waals surface area contributed by atoms with Crippen LogP contribution >= 0.6 is 0 Å². The van der Waals surface area contributed by atoms with E-state index >= 15 is 0 Å². The Kier molecular flexibility index (Phi) is 7.55. The summed E-state index contributed by atoms with van der Waals surface area (Å²) in [5.41, 5.74) is 6.49. The largest absolute Gasteiger partial charge is 0.369 e. The molecule has 1 heterocycles.